The lowest BCUT2D eigenvalue weighted by Gasteiger charge is -2.14. The summed E-state index contributed by atoms with van der Waals surface area (Å²) in [5.41, 5.74) is -3.52. The normalized spacial score (nSPS) is 16.0. The summed E-state index contributed by atoms with van der Waals surface area (Å²) in [5.74, 6) is -0.690. The minimum atomic E-state index is -4.70. The molecule has 0 spiro atoms. The number of imidazole rings is 1. The van der Waals surface area contributed by atoms with Crippen molar-refractivity contribution in [3.63, 3.8) is 0 Å². The van der Waals surface area contributed by atoms with Gasteiger partial charge in [0.1, 0.15) is 5.41 Å². The molecule has 0 bridgehead atoms. The number of halogens is 7. The molecule has 160 valence electrons. The predicted molar refractivity (Wildman–Crippen MR) is 94.0 cm³/mol. The molecular weight excluding hydrogens is 488 g/mol. The number of carbonyl (C=O) groups is 1. The Hall–Kier alpha value is -2.77. The third kappa shape index (κ3) is 3.48. The molecule has 1 aliphatic carbocycles. The molecule has 30 heavy (non-hydrogen) atoms. The molecule has 14 heteroatoms. The van der Waals surface area contributed by atoms with Gasteiger partial charge in [0, 0.05) is 12.3 Å². The zero-order valence-electron chi connectivity index (χ0n) is 14.5. The summed E-state index contributed by atoms with van der Waals surface area (Å²) in [5, 5.41) is 7.89. The minimum Gasteiger partial charge on any atom is -0.358 e. The van der Waals surface area contributed by atoms with Crippen molar-refractivity contribution >= 4 is 39.1 Å². The average molecular weight is 498 g/mol. The highest BCUT2D eigenvalue weighted by atomic mass is 79.9. The molecule has 0 atom stereocenters. The van der Waals surface area contributed by atoms with Crippen molar-refractivity contribution in [1.82, 2.24) is 14.5 Å². The van der Waals surface area contributed by atoms with E-state index >= 15 is 0 Å². The number of hydrogen-bond acceptors (Lipinski definition) is 4. The fraction of sp³-hybridized carbons (Fsp3) is 0.312. The van der Waals surface area contributed by atoms with Gasteiger partial charge in [0.2, 0.25) is 0 Å². The van der Waals surface area contributed by atoms with Crippen LogP contribution in [0.15, 0.2) is 33.5 Å². The van der Waals surface area contributed by atoms with Gasteiger partial charge in [-0.3, -0.25) is 9.72 Å². The number of amides is 2. The molecule has 1 fully saturated rings. The van der Waals surface area contributed by atoms with Gasteiger partial charge in [-0.15, -0.1) is 0 Å². The van der Waals surface area contributed by atoms with Gasteiger partial charge in [0.15, 0.2) is 22.9 Å². The lowest BCUT2D eigenvalue weighted by molar-refractivity contribution is -0.165. The molecule has 0 saturated heterocycles. The maximum absolute atomic E-state index is 13.1. The van der Waals surface area contributed by atoms with Crippen molar-refractivity contribution in [2.45, 2.75) is 30.6 Å². The molecule has 3 aromatic rings. The standard InChI is InChI=1S/C16H10BrF6N5O2/c17-10-2-1-7(12-25-8(6-28(10)12)15(18,19)20)24-13(29)26-11-5-9(30-27-11)14(3-4-14)16(21,22)23/h1-2,5-6H,3-4H2,(H2,24,26,27,29). The van der Waals surface area contributed by atoms with E-state index in [4.69, 9.17) is 4.52 Å². The molecule has 2 amide bonds. The van der Waals surface area contributed by atoms with Crippen molar-refractivity contribution < 1.29 is 35.7 Å². The number of rotatable bonds is 3. The monoisotopic (exact) mass is 497 g/mol. The van der Waals surface area contributed by atoms with Gasteiger partial charge in [0.05, 0.1) is 10.3 Å². The molecule has 1 aliphatic rings. The Bertz CT molecular complexity index is 1130. The molecule has 0 aliphatic heterocycles. The second kappa shape index (κ2) is 6.62. The van der Waals surface area contributed by atoms with Gasteiger partial charge in [-0.25, -0.2) is 9.78 Å². The molecule has 3 heterocycles. The number of alkyl halides is 6. The van der Waals surface area contributed by atoms with Gasteiger partial charge >= 0.3 is 18.4 Å². The average Bonchev–Trinajstić information content (AvgIpc) is 3.10. The summed E-state index contributed by atoms with van der Waals surface area (Å²) < 4.78 is 84.3. The number of hydrogen-bond donors (Lipinski definition) is 2. The number of fused-ring (bicyclic) bond motifs is 1. The van der Waals surface area contributed by atoms with E-state index in [1.807, 2.05) is 0 Å². The fourth-order valence-corrected chi connectivity index (χ4v) is 3.30. The zero-order valence-corrected chi connectivity index (χ0v) is 16.1. The van der Waals surface area contributed by atoms with Crippen LogP contribution in [0, 0.1) is 0 Å². The molecule has 0 radical (unpaired) electrons. The van der Waals surface area contributed by atoms with Crippen molar-refractivity contribution in [2.75, 3.05) is 10.6 Å². The van der Waals surface area contributed by atoms with Gasteiger partial charge in [0.25, 0.3) is 0 Å². The lowest BCUT2D eigenvalue weighted by atomic mass is 10.0. The highest BCUT2D eigenvalue weighted by Crippen LogP contribution is 2.59. The topological polar surface area (TPSA) is 84.5 Å². The largest absolute Gasteiger partial charge is 0.434 e. The second-order valence-corrected chi connectivity index (χ2v) is 7.44. The highest BCUT2D eigenvalue weighted by molar-refractivity contribution is 9.10. The van der Waals surface area contributed by atoms with E-state index in [9.17, 15) is 31.1 Å². The summed E-state index contributed by atoms with van der Waals surface area (Å²) in [6.07, 6.45) is -8.74. The number of anilines is 2. The van der Waals surface area contributed by atoms with Gasteiger partial charge in [-0.2, -0.15) is 26.3 Å². The van der Waals surface area contributed by atoms with Gasteiger partial charge in [-0.05, 0) is 40.9 Å². The van der Waals surface area contributed by atoms with Crippen LogP contribution in [-0.2, 0) is 11.6 Å². The van der Waals surface area contributed by atoms with Crippen LogP contribution >= 0.6 is 15.9 Å². The summed E-state index contributed by atoms with van der Waals surface area (Å²) in [6.45, 7) is 0. The highest BCUT2D eigenvalue weighted by Gasteiger charge is 2.66. The molecular formula is C16H10BrF6N5O2. The predicted octanol–water partition coefficient (Wildman–Crippen LogP) is 5.34. The van der Waals surface area contributed by atoms with Crippen molar-refractivity contribution in [3.05, 3.63) is 40.5 Å². The molecule has 2 N–H and O–H groups in total. The number of nitrogens with zero attached hydrogens (tertiary/aromatic N) is 3. The molecule has 7 nitrogen and oxygen atoms in total. The Morgan fingerprint density at radius 2 is 1.87 bits per heavy atom. The van der Waals surface area contributed by atoms with Crippen molar-refractivity contribution in [3.8, 4) is 0 Å². The molecule has 0 unspecified atom stereocenters. The van der Waals surface area contributed by atoms with E-state index in [0.29, 0.717) is 0 Å². The van der Waals surface area contributed by atoms with E-state index in [-0.39, 0.29) is 34.6 Å². The van der Waals surface area contributed by atoms with Crippen LogP contribution in [0.25, 0.3) is 5.65 Å². The lowest BCUT2D eigenvalue weighted by Crippen LogP contribution is -2.28. The summed E-state index contributed by atoms with van der Waals surface area (Å²) in [6, 6.07) is 2.71. The maximum atomic E-state index is 13.1. The molecule has 1 saturated carbocycles. The Balaban J connectivity index is 1.54. The SMILES string of the molecule is O=C(Nc1cc(C2(C(F)(F)F)CC2)on1)Nc1ccc(Br)n2cc(C(F)(F)F)nc12. The summed E-state index contributed by atoms with van der Waals surface area (Å²) in [7, 11) is 0. The number of carbonyl (C=O) groups excluding carboxylic acids is 1. The van der Waals surface area contributed by atoms with Crippen molar-refractivity contribution in [1.29, 1.82) is 0 Å². The first-order valence-corrected chi connectivity index (χ1v) is 9.07. The van der Waals surface area contributed by atoms with E-state index in [0.717, 1.165) is 16.7 Å². The minimum absolute atomic E-state index is 0.0659. The summed E-state index contributed by atoms with van der Waals surface area (Å²) in [4.78, 5) is 15.7. The van der Waals surface area contributed by atoms with Crippen LogP contribution in [0.3, 0.4) is 0 Å². The first kappa shape index (κ1) is 20.5. The number of pyridine rings is 1. The quantitative estimate of drug-likeness (QED) is 0.377. The number of aromatic nitrogens is 3. The van der Waals surface area contributed by atoms with Gasteiger partial charge in [-0.1, -0.05) is 5.16 Å². The smallest absolute Gasteiger partial charge is 0.358 e. The number of nitrogens with one attached hydrogen (secondary N) is 2. The van der Waals surface area contributed by atoms with Crippen LogP contribution in [-0.4, -0.2) is 26.7 Å². The molecule has 3 aromatic heterocycles. The first-order chi connectivity index (χ1) is 13.9. The van der Waals surface area contributed by atoms with Crippen molar-refractivity contribution in [2.24, 2.45) is 0 Å². The third-order valence-corrected chi connectivity index (χ3v) is 5.27. The maximum Gasteiger partial charge on any atom is 0.434 e. The Labute approximate surface area is 171 Å². The summed E-state index contributed by atoms with van der Waals surface area (Å²) >= 11 is 3.09. The molecule has 0 aromatic carbocycles. The Kier molecular flexibility index (Phi) is 4.52. The second-order valence-electron chi connectivity index (χ2n) is 6.62. The first-order valence-electron chi connectivity index (χ1n) is 8.27. The van der Waals surface area contributed by atoms with Crippen LogP contribution in [0.4, 0.5) is 42.6 Å². The third-order valence-electron chi connectivity index (χ3n) is 4.62. The Morgan fingerprint density at radius 1 is 1.17 bits per heavy atom. The van der Waals surface area contributed by atoms with Crippen LogP contribution in [0.1, 0.15) is 24.3 Å². The zero-order chi connectivity index (χ0) is 21.9. The fourth-order valence-electron chi connectivity index (χ4n) is 2.90. The van der Waals surface area contributed by atoms with E-state index in [1.54, 1.807) is 0 Å². The Morgan fingerprint density at radius 3 is 2.47 bits per heavy atom. The van der Waals surface area contributed by atoms with Crippen LogP contribution in [0.2, 0.25) is 0 Å². The van der Waals surface area contributed by atoms with E-state index in [2.05, 4.69) is 36.7 Å². The molecule has 4 rings (SSSR count). The van der Waals surface area contributed by atoms with E-state index in [1.165, 1.54) is 12.1 Å². The van der Waals surface area contributed by atoms with Crippen LogP contribution in [0.5, 0.6) is 0 Å². The van der Waals surface area contributed by atoms with E-state index < -0.39 is 35.3 Å². The van der Waals surface area contributed by atoms with Crippen LogP contribution < -0.4 is 10.6 Å². The van der Waals surface area contributed by atoms with Gasteiger partial charge < -0.3 is 9.84 Å². The number of urea groups is 1.